The summed E-state index contributed by atoms with van der Waals surface area (Å²) in [5, 5.41) is 3.68. The molecule has 0 aliphatic carbocycles. The van der Waals surface area contributed by atoms with Crippen molar-refractivity contribution >= 4 is 22.9 Å². The molecule has 6 nitrogen and oxygen atoms in total. The van der Waals surface area contributed by atoms with Gasteiger partial charge in [-0.1, -0.05) is 18.2 Å². The molecule has 1 aromatic heterocycles. The Morgan fingerprint density at radius 1 is 1.35 bits per heavy atom. The van der Waals surface area contributed by atoms with Gasteiger partial charge in [0.15, 0.2) is 5.54 Å². The van der Waals surface area contributed by atoms with Gasteiger partial charge in [-0.2, -0.15) is 0 Å². The van der Waals surface area contributed by atoms with Crippen molar-refractivity contribution in [2.75, 3.05) is 13.2 Å². The lowest BCUT2D eigenvalue weighted by molar-refractivity contribution is -0.132. The lowest BCUT2D eigenvalue weighted by Gasteiger charge is -2.20. The minimum absolute atomic E-state index is 0.0669. The van der Waals surface area contributed by atoms with E-state index in [1.54, 1.807) is 6.92 Å². The normalized spacial score (nSPS) is 27.9. The summed E-state index contributed by atoms with van der Waals surface area (Å²) < 4.78 is 11.3. The van der Waals surface area contributed by atoms with Crippen molar-refractivity contribution in [2.45, 2.75) is 31.4 Å². The molecule has 1 aromatic carbocycles. The van der Waals surface area contributed by atoms with Crippen LogP contribution in [0.5, 0.6) is 0 Å². The Bertz CT molecular complexity index is 745. The van der Waals surface area contributed by atoms with Crippen LogP contribution in [0.4, 0.5) is 4.79 Å². The fourth-order valence-electron chi connectivity index (χ4n) is 3.25. The van der Waals surface area contributed by atoms with Crippen LogP contribution in [0.2, 0.25) is 0 Å². The second kappa shape index (κ2) is 5.09. The van der Waals surface area contributed by atoms with Crippen molar-refractivity contribution in [1.29, 1.82) is 0 Å². The average molecular weight is 314 g/mol. The number of rotatable bonds is 3. The fourth-order valence-corrected chi connectivity index (χ4v) is 3.25. The maximum absolute atomic E-state index is 12.8. The Hall–Kier alpha value is -2.34. The van der Waals surface area contributed by atoms with Gasteiger partial charge in [0.2, 0.25) is 0 Å². The van der Waals surface area contributed by atoms with E-state index in [1.807, 2.05) is 30.3 Å². The van der Waals surface area contributed by atoms with E-state index in [0.29, 0.717) is 24.5 Å². The van der Waals surface area contributed by atoms with Crippen molar-refractivity contribution in [3.05, 3.63) is 36.1 Å². The Labute approximate surface area is 133 Å². The molecule has 6 heteroatoms. The third kappa shape index (κ3) is 2.21. The number of hydrogen-bond donors (Lipinski definition) is 1. The van der Waals surface area contributed by atoms with Crippen molar-refractivity contribution in [1.82, 2.24) is 10.2 Å². The molecule has 0 saturated carbocycles. The van der Waals surface area contributed by atoms with Crippen LogP contribution in [-0.4, -0.2) is 36.1 Å². The van der Waals surface area contributed by atoms with Crippen LogP contribution >= 0.6 is 0 Å². The lowest BCUT2D eigenvalue weighted by atomic mass is 9.98. The van der Waals surface area contributed by atoms with E-state index >= 15 is 0 Å². The SMILES string of the molecule is CC1(c2cc3ccccc3o2)NC(=O)N(CC2CCCO2)C1=O. The summed E-state index contributed by atoms with van der Waals surface area (Å²) >= 11 is 0. The number of amides is 3. The fraction of sp³-hybridized carbons (Fsp3) is 0.412. The first-order valence-corrected chi connectivity index (χ1v) is 7.83. The number of para-hydroxylation sites is 1. The molecule has 2 saturated heterocycles. The molecule has 1 N–H and O–H groups in total. The smallest absolute Gasteiger partial charge is 0.325 e. The number of urea groups is 1. The molecular formula is C17H18N2O4. The van der Waals surface area contributed by atoms with Crippen LogP contribution in [0.15, 0.2) is 34.7 Å². The van der Waals surface area contributed by atoms with Gasteiger partial charge in [-0.25, -0.2) is 4.79 Å². The molecule has 0 bridgehead atoms. The predicted molar refractivity (Wildman–Crippen MR) is 82.8 cm³/mol. The second-order valence-electron chi connectivity index (χ2n) is 6.25. The molecule has 2 aliphatic rings. The lowest BCUT2D eigenvalue weighted by Crippen LogP contribution is -2.41. The van der Waals surface area contributed by atoms with Crippen molar-refractivity contribution < 1.29 is 18.7 Å². The Morgan fingerprint density at radius 2 is 2.17 bits per heavy atom. The highest BCUT2D eigenvalue weighted by Gasteiger charge is 2.51. The van der Waals surface area contributed by atoms with Crippen LogP contribution < -0.4 is 5.32 Å². The van der Waals surface area contributed by atoms with Crippen LogP contribution in [0.3, 0.4) is 0 Å². The Balaban J connectivity index is 1.64. The summed E-state index contributed by atoms with van der Waals surface area (Å²) in [6, 6.07) is 8.95. The molecule has 2 unspecified atom stereocenters. The molecule has 2 atom stereocenters. The molecule has 2 aromatic rings. The third-order valence-corrected chi connectivity index (χ3v) is 4.60. The van der Waals surface area contributed by atoms with Crippen molar-refractivity contribution in [2.24, 2.45) is 0 Å². The molecule has 0 spiro atoms. The molecule has 3 amide bonds. The maximum atomic E-state index is 12.8. The highest BCUT2D eigenvalue weighted by atomic mass is 16.5. The van der Waals surface area contributed by atoms with Gasteiger partial charge in [-0.3, -0.25) is 9.69 Å². The highest BCUT2D eigenvalue weighted by molar-refractivity contribution is 6.07. The number of nitrogens with one attached hydrogen (secondary N) is 1. The first-order chi connectivity index (χ1) is 11.1. The van der Waals surface area contributed by atoms with Gasteiger partial charge < -0.3 is 14.5 Å². The van der Waals surface area contributed by atoms with E-state index in [1.165, 1.54) is 4.90 Å². The van der Waals surface area contributed by atoms with E-state index in [-0.39, 0.29) is 12.0 Å². The van der Waals surface area contributed by atoms with E-state index < -0.39 is 11.6 Å². The summed E-state index contributed by atoms with van der Waals surface area (Å²) in [5.41, 5.74) is -0.474. The van der Waals surface area contributed by atoms with E-state index in [2.05, 4.69) is 5.32 Å². The zero-order valence-electron chi connectivity index (χ0n) is 12.9. The van der Waals surface area contributed by atoms with Crippen molar-refractivity contribution in [3.8, 4) is 0 Å². The first-order valence-electron chi connectivity index (χ1n) is 7.83. The summed E-state index contributed by atoms with van der Waals surface area (Å²) in [5.74, 6) is 0.156. The first kappa shape index (κ1) is 14.3. The van der Waals surface area contributed by atoms with E-state index in [4.69, 9.17) is 9.15 Å². The topological polar surface area (TPSA) is 71.8 Å². The van der Waals surface area contributed by atoms with Crippen molar-refractivity contribution in [3.63, 3.8) is 0 Å². The van der Waals surface area contributed by atoms with Gasteiger partial charge in [0, 0.05) is 12.0 Å². The number of ether oxygens (including phenoxy) is 1. The molecule has 23 heavy (non-hydrogen) atoms. The highest BCUT2D eigenvalue weighted by Crippen LogP contribution is 2.33. The van der Waals surface area contributed by atoms with Crippen LogP contribution in [0.25, 0.3) is 11.0 Å². The number of furan rings is 1. The Morgan fingerprint density at radius 3 is 2.91 bits per heavy atom. The standard InChI is InChI=1S/C17H18N2O4/c1-17(14-9-11-5-2-3-7-13(11)23-14)15(20)19(16(21)18-17)10-12-6-4-8-22-12/h2-3,5,7,9,12H,4,6,8,10H2,1H3,(H,18,21). The minimum atomic E-state index is -1.17. The zero-order chi connectivity index (χ0) is 16.0. The molecule has 4 rings (SSSR count). The molecule has 2 aliphatic heterocycles. The van der Waals surface area contributed by atoms with Gasteiger partial charge in [-0.05, 0) is 31.9 Å². The van der Waals surface area contributed by atoms with E-state index in [9.17, 15) is 9.59 Å². The summed E-state index contributed by atoms with van der Waals surface area (Å²) in [7, 11) is 0. The van der Waals surface area contributed by atoms with Gasteiger partial charge in [0.25, 0.3) is 5.91 Å². The number of nitrogens with zero attached hydrogens (tertiary/aromatic N) is 1. The average Bonchev–Trinajstić information content (AvgIpc) is 3.24. The number of fused-ring (bicyclic) bond motifs is 1. The summed E-state index contributed by atoms with van der Waals surface area (Å²) in [6.45, 7) is 2.66. The van der Waals surface area contributed by atoms with Crippen LogP contribution in [-0.2, 0) is 15.1 Å². The van der Waals surface area contributed by atoms with Gasteiger partial charge >= 0.3 is 6.03 Å². The second-order valence-corrected chi connectivity index (χ2v) is 6.25. The quantitative estimate of drug-likeness (QED) is 0.883. The summed E-state index contributed by atoms with van der Waals surface area (Å²) in [6.07, 6.45) is 1.77. The largest absolute Gasteiger partial charge is 0.458 e. The predicted octanol–water partition coefficient (Wildman–Crippen LogP) is 2.38. The Kier molecular flexibility index (Phi) is 3.16. The van der Waals surface area contributed by atoms with Gasteiger partial charge in [0.1, 0.15) is 11.3 Å². The minimum Gasteiger partial charge on any atom is -0.458 e. The van der Waals surface area contributed by atoms with Gasteiger partial charge in [0.05, 0.1) is 12.6 Å². The molecule has 0 radical (unpaired) electrons. The molecule has 120 valence electrons. The number of carbonyl (C=O) groups is 2. The van der Waals surface area contributed by atoms with Gasteiger partial charge in [-0.15, -0.1) is 0 Å². The van der Waals surface area contributed by atoms with Crippen LogP contribution in [0, 0.1) is 0 Å². The number of benzene rings is 1. The monoisotopic (exact) mass is 314 g/mol. The van der Waals surface area contributed by atoms with Crippen LogP contribution in [0.1, 0.15) is 25.5 Å². The summed E-state index contributed by atoms with van der Waals surface area (Å²) in [4.78, 5) is 26.3. The molecule has 2 fully saturated rings. The number of imide groups is 1. The third-order valence-electron chi connectivity index (χ3n) is 4.60. The number of hydrogen-bond acceptors (Lipinski definition) is 4. The number of carbonyl (C=O) groups excluding carboxylic acids is 2. The molecular weight excluding hydrogens is 296 g/mol. The van der Waals surface area contributed by atoms with E-state index in [0.717, 1.165) is 18.2 Å². The zero-order valence-corrected chi connectivity index (χ0v) is 12.9. The molecule has 3 heterocycles. The maximum Gasteiger partial charge on any atom is 0.325 e.